The van der Waals surface area contributed by atoms with Crippen molar-refractivity contribution in [2.45, 2.75) is 50.4 Å². The van der Waals surface area contributed by atoms with Crippen LogP contribution in [0.5, 0.6) is 0 Å². The van der Waals surface area contributed by atoms with Crippen molar-refractivity contribution in [2.75, 3.05) is 7.05 Å². The Labute approximate surface area is 137 Å². The summed E-state index contributed by atoms with van der Waals surface area (Å²) in [7, 11) is 2.20. The summed E-state index contributed by atoms with van der Waals surface area (Å²) < 4.78 is 0. The summed E-state index contributed by atoms with van der Waals surface area (Å²) in [6.07, 6.45) is 5.19. The van der Waals surface area contributed by atoms with Gasteiger partial charge in [0.2, 0.25) is 0 Å². The first-order chi connectivity index (χ1) is 9.13. The van der Waals surface area contributed by atoms with Crippen molar-refractivity contribution >= 4 is 35.6 Å². The monoisotopic (exact) mass is 334 g/mol. The fourth-order valence-corrected chi connectivity index (χ4v) is 3.84. The average Bonchev–Trinajstić information content (AvgIpc) is 2.73. The number of fused-ring (bicyclic) bond motifs is 2. The molecule has 2 bridgehead atoms. The lowest BCUT2D eigenvalue weighted by Gasteiger charge is -2.35. The molecule has 2 aliphatic heterocycles. The Kier molecular flexibility index (Phi) is 5.61. The van der Waals surface area contributed by atoms with Crippen LogP contribution in [0.15, 0.2) is 18.2 Å². The van der Waals surface area contributed by atoms with Crippen LogP contribution in [-0.2, 0) is 6.54 Å². The molecule has 2 aliphatic rings. The van der Waals surface area contributed by atoms with Crippen molar-refractivity contribution in [3.63, 3.8) is 0 Å². The molecule has 0 aliphatic carbocycles. The third kappa shape index (κ3) is 3.42. The summed E-state index contributed by atoms with van der Waals surface area (Å²) >= 11 is 12.4. The van der Waals surface area contributed by atoms with Crippen LogP contribution in [-0.4, -0.2) is 30.1 Å². The van der Waals surface area contributed by atoms with E-state index in [2.05, 4.69) is 23.3 Å². The second-order valence-corrected chi connectivity index (χ2v) is 6.68. The van der Waals surface area contributed by atoms with Gasteiger partial charge in [-0.2, -0.15) is 0 Å². The Hall–Kier alpha value is 0.01000. The molecule has 1 aromatic rings. The van der Waals surface area contributed by atoms with E-state index in [1.807, 2.05) is 12.1 Å². The van der Waals surface area contributed by atoms with Gasteiger partial charge in [-0.25, -0.2) is 0 Å². The van der Waals surface area contributed by atoms with Gasteiger partial charge in [0.1, 0.15) is 0 Å². The lowest BCUT2D eigenvalue weighted by Crippen LogP contribution is -2.46. The normalized spacial score (nSPS) is 28.5. The number of piperidine rings is 1. The zero-order valence-corrected chi connectivity index (χ0v) is 13.9. The SMILES string of the molecule is CN(Cc1cccc(Cl)c1Cl)C1CC2CCC(C1)N2.Cl. The Morgan fingerprint density at radius 3 is 2.50 bits per heavy atom. The van der Waals surface area contributed by atoms with Gasteiger partial charge in [0.05, 0.1) is 10.0 Å². The third-order valence-corrected chi connectivity index (χ3v) is 5.38. The fourth-order valence-electron chi connectivity index (χ4n) is 3.46. The van der Waals surface area contributed by atoms with Crippen LogP contribution in [0.2, 0.25) is 10.0 Å². The minimum atomic E-state index is 0. The van der Waals surface area contributed by atoms with Crippen molar-refractivity contribution in [3.8, 4) is 0 Å². The van der Waals surface area contributed by atoms with E-state index < -0.39 is 0 Å². The molecule has 1 N–H and O–H groups in total. The predicted molar refractivity (Wildman–Crippen MR) is 88.1 cm³/mol. The Morgan fingerprint density at radius 1 is 1.20 bits per heavy atom. The summed E-state index contributed by atoms with van der Waals surface area (Å²) in [4.78, 5) is 2.43. The molecule has 0 amide bonds. The van der Waals surface area contributed by atoms with Crippen LogP contribution in [0.3, 0.4) is 0 Å². The van der Waals surface area contributed by atoms with Crippen molar-refractivity contribution in [1.29, 1.82) is 0 Å². The lowest BCUT2D eigenvalue weighted by molar-refractivity contribution is 0.166. The molecule has 20 heavy (non-hydrogen) atoms. The summed E-state index contributed by atoms with van der Waals surface area (Å²) in [5.41, 5.74) is 1.13. The minimum absolute atomic E-state index is 0. The van der Waals surface area contributed by atoms with Crippen LogP contribution in [0.1, 0.15) is 31.2 Å². The Morgan fingerprint density at radius 2 is 1.85 bits per heavy atom. The van der Waals surface area contributed by atoms with Crippen molar-refractivity contribution in [1.82, 2.24) is 10.2 Å². The second kappa shape index (κ2) is 6.85. The topological polar surface area (TPSA) is 15.3 Å². The van der Waals surface area contributed by atoms with E-state index in [0.29, 0.717) is 16.1 Å². The molecule has 2 fully saturated rings. The molecule has 1 aromatic carbocycles. The van der Waals surface area contributed by atoms with Gasteiger partial charge in [-0.1, -0.05) is 35.3 Å². The number of nitrogens with one attached hydrogen (secondary N) is 1. The molecule has 2 heterocycles. The molecular formula is C15H21Cl3N2. The van der Waals surface area contributed by atoms with Gasteiger partial charge in [-0.3, -0.25) is 4.90 Å². The molecular weight excluding hydrogens is 315 g/mol. The fraction of sp³-hybridized carbons (Fsp3) is 0.600. The number of rotatable bonds is 3. The second-order valence-electron chi connectivity index (χ2n) is 5.89. The van der Waals surface area contributed by atoms with Crippen LogP contribution < -0.4 is 5.32 Å². The number of nitrogens with zero attached hydrogens (tertiary/aromatic N) is 1. The first-order valence-electron chi connectivity index (χ1n) is 7.02. The smallest absolute Gasteiger partial charge is 0.0637 e. The van der Waals surface area contributed by atoms with Gasteiger partial charge < -0.3 is 5.32 Å². The van der Waals surface area contributed by atoms with Crippen LogP contribution >= 0.6 is 35.6 Å². The summed E-state index contributed by atoms with van der Waals surface area (Å²) in [6.45, 7) is 0.878. The molecule has 5 heteroatoms. The van der Waals surface area contributed by atoms with Gasteiger partial charge in [-0.05, 0) is 44.4 Å². The van der Waals surface area contributed by atoms with Crippen LogP contribution in [0.25, 0.3) is 0 Å². The predicted octanol–water partition coefficient (Wildman–Crippen LogP) is 4.13. The number of hydrogen-bond donors (Lipinski definition) is 1. The highest BCUT2D eigenvalue weighted by atomic mass is 35.5. The lowest BCUT2D eigenvalue weighted by atomic mass is 9.98. The Bertz CT molecular complexity index is 454. The summed E-state index contributed by atoms with van der Waals surface area (Å²) in [5.74, 6) is 0. The average molecular weight is 336 g/mol. The van der Waals surface area contributed by atoms with Gasteiger partial charge >= 0.3 is 0 Å². The molecule has 2 nitrogen and oxygen atoms in total. The molecule has 0 spiro atoms. The van der Waals surface area contributed by atoms with Crippen LogP contribution in [0.4, 0.5) is 0 Å². The highest BCUT2D eigenvalue weighted by Crippen LogP contribution is 2.31. The number of halogens is 3. The molecule has 0 radical (unpaired) electrons. The van der Waals surface area contributed by atoms with Gasteiger partial charge in [0.25, 0.3) is 0 Å². The molecule has 0 saturated carbocycles. The molecule has 2 unspecified atom stereocenters. The standard InChI is InChI=1S/C15H20Cl2N2.ClH/c1-19(9-10-3-2-4-14(16)15(10)17)13-7-11-5-6-12(8-13)18-11;/h2-4,11-13,18H,5-9H2,1H3;1H. The van der Waals surface area contributed by atoms with E-state index in [0.717, 1.165) is 24.2 Å². The number of hydrogen-bond acceptors (Lipinski definition) is 2. The van der Waals surface area contributed by atoms with Gasteiger partial charge in [-0.15, -0.1) is 12.4 Å². The summed E-state index contributed by atoms with van der Waals surface area (Å²) in [6, 6.07) is 8.00. The van der Waals surface area contributed by atoms with Crippen molar-refractivity contribution < 1.29 is 0 Å². The van der Waals surface area contributed by atoms with Gasteiger partial charge in [0.15, 0.2) is 0 Å². The van der Waals surface area contributed by atoms with Gasteiger partial charge in [0, 0.05) is 24.7 Å². The van der Waals surface area contributed by atoms with E-state index in [-0.39, 0.29) is 12.4 Å². The zero-order valence-electron chi connectivity index (χ0n) is 11.6. The summed E-state index contributed by atoms with van der Waals surface area (Å²) in [5, 5.41) is 5.04. The number of benzene rings is 1. The molecule has 112 valence electrons. The highest BCUT2D eigenvalue weighted by Gasteiger charge is 2.35. The molecule has 2 atom stereocenters. The van der Waals surface area contributed by atoms with E-state index in [1.165, 1.54) is 25.7 Å². The maximum atomic E-state index is 6.27. The Balaban J connectivity index is 0.00000147. The minimum Gasteiger partial charge on any atom is -0.311 e. The van der Waals surface area contributed by atoms with E-state index in [4.69, 9.17) is 23.2 Å². The molecule has 0 aromatic heterocycles. The van der Waals surface area contributed by atoms with E-state index in [9.17, 15) is 0 Å². The van der Waals surface area contributed by atoms with Crippen molar-refractivity contribution in [3.05, 3.63) is 33.8 Å². The van der Waals surface area contributed by atoms with Crippen LogP contribution in [0, 0.1) is 0 Å². The maximum absolute atomic E-state index is 6.27. The molecule has 2 saturated heterocycles. The maximum Gasteiger partial charge on any atom is 0.0637 e. The van der Waals surface area contributed by atoms with E-state index >= 15 is 0 Å². The first kappa shape index (κ1) is 16.4. The zero-order chi connectivity index (χ0) is 13.4. The third-order valence-electron chi connectivity index (χ3n) is 4.52. The molecule has 3 rings (SSSR count). The van der Waals surface area contributed by atoms with Crippen molar-refractivity contribution in [2.24, 2.45) is 0 Å². The highest BCUT2D eigenvalue weighted by molar-refractivity contribution is 6.42. The largest absolute Gasteiger partial charge is 0.311 e. The van der Waals surface area contributed by atoms with E-state index in [1.54, 1.807) is 0 Å². The quantitative estimate of drug-likeness (QED) is 0.893. The first-order valence-corrected chi connectivity index (χ1v) is 7.78.